The van der Waals surface area contributed by atoms with Gasteiger partial charge in [-0.05, 0) is 24.3 Å². The molecule has 2 aromatic carbocycles. The third-order valence-electron chi connectivity index (χ3n) is 3.13. The fraction of sp³-hybridized carbons (Fsp3) is 0.0625. The molecule has 0 saturated carbocycles. The lowest BCUT2D eigenvalue weighted by atomic mass is 10.1. The predicted octanol–water partition coefficient (Wildman–Crippen LogP) is 2.41. The van der Waals surface area contributed by atoms with Crippen LogP contribution in [0.4, 0.5) is 5.69 Å². The van der Waals surface area contributed by atoms with Crippen molar-refractivity contribution in [2.24, 2.45) is 0 Å². The minimum Gasteiger partial charge on any atom is -0.427 e. The molecule has 0 saturated heterocycles. The number of hydrogen-bond donors (Lipinski definition) is 0. The van der Waals surface area contributed by atoms with Crippen LogP contribution in [-0.2, 0) is 4.79 Å². The fourth-order valence-electron chi connectivity index (χ4n) is 2.28. The first-order chi connectivity index (χ1) is 10.1. The molecule has 0 aliphatic carbocycles. The van der Waals surface area contributed by atoms with E-state index in [-0.39, 0.29) is 17.6 Å². The highest BCUT2D eigenvalue weighted by Gasteiger charge is 2.36. The number of amides is 2. The number of carbonyl (C=O) groups is 3. The number of anilines is 1. The number of esters is 1. The topological polar surface area (TPSA) is 63.7 Å². The minimum atomic E-state index is -0.463. The molecule has 1 aliphatic heterocycles. The second-order valence-corrected chi connectivity index (χ2v) is 4.58. The highest BCUT2D eigenvalue weighted by Crippen LogP contribution is 2.30. The molecule has 3 rings (SSSR count). The van der Waals surface area contributed by atoms with E-state index in [0.29, 0.717) is 16.8 Å². The van der Waals surface area contributed by atoms with E-state index >= 15 is 0 Å². The van der Waals surface area contributed by atoms with Gasteiger partial charge in [0.05, 0.1) is 16.8 Å². The van der Waals surface area contributed by atoms with E-state index < -0.39 is 5.97 Å². The lowest BCUT2D eigenvalue weighted by Crippen LogP contribution is -2.29. The van der Waals surface area contributed by atoms with Gasteiger partial charge in [0.1, 0.15) is 5.75 Å². The Balaban J connectivity index is 2.01. The van der Waals surface area contributed by atoms with Crippen molar-refractivity contribution in [3.05, 3.63) is 59.7 Å². The number of benzene rings is 2. The van der Waals surface area contributed by atoms with Crippen molar-refractivity contribution in [2.45, 2.75) is 6.92 Å². The summed E-state index contributed by atoms with van der Waals surface area (Å²) in [7, 11) is 0. The molecule has 1 aliphatic rings. The predicted molar refractivity (Wildman–Crippen MR) is 75.3 cm³/mol. The van der Waals surface area contributed by atoms with Crippen LogP contribution < -0.4 is 9.64 Å². The molecule has 0 atom stereocenters. The Labute approximate surface area is 120 Å². The van der Waals surface area contributed by atoms with Gasteiger partial charge in [0.25, 0.3) is 11.8 Å². The van der Waals surface area contributed by atoms with E-state index in [4.69, 9.17) is 4.74 Å². The number of fused-ring (bicyclic) bond motifs is 1. The van der Waals surface area contributed by atoms with Gasteiger partial charge in [-0.15, -0.1) is 0 Å². The van der Waals surface area contributed by atoms with Gasteiger partial charge in [-0.3, -0.25) is 14.4 Å². The molecule has 5 heteroatoms. The van der Waals surface area contributed by atoms with Gasteiger partial charge in [-0.2, -0.15) is 0 Å². The molecule has 0 bridgehead atoms. The summed E-state index contributed by atoms with van der Waals surface area (Å²) in [4.78, 5) is 36.7. The SMILES string of the molecule is CC(=O)Oc1cccc(N2C(=O)c3ccccc3C2=O)c1. The average Bonchev–Trinajstić information content (AvgIpc) is 2.71. The maximum Gasteiger partial charge on any atom is 0.308 e. The molecule has 2 amide bonds. The summed E-state index contributed by atoms with van der Waals surface area (Å²) in [5.41, 5.74) is 1.13. The number of rotatable bonds is 2. The standard InChI is InChI=1S/C16H11NO4/c1-10(18)21-12-6-4-5-11(9-12)17-15(19)13-7-2-3-8-14(13)16(17)20/h2-9H,1H3. The van der Waals surface area contributed by atoms with E-state index in [0.717, 1.165) is 4.90 Å². The third-order valence-corrected chi connectivity index (χ3v) is 3.13. The molecule has 0 unspecified atom stereocenters. The Hall–Kier alpha value is -2.95. The lowest BCUT2D eigenvalue weighted by Gasteiger charge is -2.14. The van der Waals surface area contributed by atoms with Crippen LogP contribution in [-0.4, -0.2) is 17.8 Å². The molecule has 2 aromatic rings. The molecule has 0 spiro atoms. The molecular formula is C16H11NO4. The summed E-state index contributed by atoms with van der Waals surface area (Å²) in [6.45, 7) is 1.29. The monoisotopic (exact) mass is 281 g/mol. The van der Waals surface area contributed by atoms with Gasteiger partial charge >= 0.3 is 5.97 Å². The lowest BCUT2D eigenvalue weighted by molar-refractivity contribution is -0.131. The van der Waals surface area contributed by atoms with Gasteiger partial charge in [-0.1, -0.05) is 18.2 Å². The van der Waals surface area contributed by atoms with Crippen LogP contribution in [0.15, 0.2) is 48.5 Å². The highest BCUT2D eigenvalue weighted by molar-refractivity contribution is 6.34. The first-order valence-corrected chi connectivity index (χ1v) is 6.34. The second-order valence-electron chi connectivity index (χ2n) is 4.58. The average molecular weight is 281 g/mol. The normalized spacial score (nSPS) is 13.3. The van der Waals surface area contributed by atoms with E-state index in [2.05, 4.69) is 0 Å². The van der Waals surface area contributed by atoms with Gasteiger partial charge < -0.3 is 4.74 Å². The highest BCUT2D eigenvalue weighted by atomic mass is 16.5. The van der Waals surface area contributed by atoms with Crippen molar-refractivity contribution in [3.63, 3.8) is 0 Å². The molecule has 0 fully saturated rings. The number of carbonyl (C=O) groups excluding carboxylic acids is 3. The van der Waals surface area contributed by atoms with Crippen LogP contribution >= 0.6 is 0 Å². The summed E-state index contributed by atoms with van der Waals surface area (Å²) in [5.74, 6) is -0.933. The van der Waals surface area contributed by atoms with E-state index in [1.165, 1.54) is 13.0 Å². The smallest absolute Gasteiger partial charge is 0.308 e. The largest absolute Gasteiger partial charge is 0.427 e. The number of imide groups is 1. The molecule has 0 aromatic heterocycles. The van der Waals surface area contributed by atoms with E-state index in [9.17, 15) is 14.4 Å². The maximum atomic E-state index is 12.3. The van der Waals surface area contributed by atoms with Crippen molar-refractivity contribution < 1.29 is 19.1 Å². The minimum absolute atomic E-state index is 0.288. The first-order valence-electron chi connectivity index (χ1n) is 6.34. The van der Waals surface area contributed by atoms with E-state index in [1.54, 1.807) is 42.5 Å². The fourth-order valence-corrected chi connectivity index (χ4v) is 2.28. The number of hydrogen-bond acceptors (Lipinski definition) is 4. The molecule has 0 radical (unpaired) electrons. The molecule has 5 nitrogen and oxygen atoms in total. The van der Waals surface area contributed by atoms with Gasteiger partial charge in [-0.25, -0.2) is 4.90 Å². The summed E-state index contributed by atoms with van der Waals surface area (Å²) in [6, 6.07) is 13.0. The first kappa shape index (κ1) is 13.1. The van der Waals surface area contributed by atoms with Crippen LogP contribution in [0.1, 0.15) is 27.6 Å². The second kappa shape index (κ2) is 4.86. The Morgan fingerprint density at radius 2 is 1.57 bits per heavy atom. The molecule has 0 N–H and O–H groups in total. The van der Waals surface area contributed by atoms with Crippen molar-refractivity contribution in [3.8, 4) is 5.75 Å². The Morgan fingerprint density at radius 3 is 2.14 bits per heavy atom. The summed E-state index contributed by atoms with van der Waals surface area (Å²) >= 11 is 0. The zero-order valence-corrected chi connectivity index (χ0v) is 11.2. The molecule has 21 heavy (non-hydrogen) atoms. The molecule has 1 heterocycles. The van der Waals surface area contributed by atoms with Crippen molar-refractivity contribution in [1.82, 2.24) is 0 Å². The van der Waals surface area contributed by atoms with Crippen molar-refractivity contribution in [2.75, 3.05) is 4.90 Å². The third kappa shape index (κ3) is 2.18. The van der Waals surface area contributed by atoms with Crippen LogP contribution in [0.2, 0.25) is 0 Å². The summed E-state index contributed by atoms with van der Waals surface area (Å²) in [6.07, 6.45) is 0. The Bertz CT molecular complexity index is 731. The number of ether oxygens (including phenoxy) is 1. The molecule has 104 valence electrons. The van der Waals surface area contributed by atoms with Gasteiger partial charge in [0.15, 0.2) is 0 Å². The molecular weight excluding hydrogens is 270 g/mol. The van der Waals surface area contributed by atoms with E-state index in [1.807, 2.05) is 0 Å². The van der Waals surface area contributed by atoms with Gasteiger partial charge in [0, 0.05) is 13.0 Å². The zero-order chi connectivity index (χ0) is 15.0. The Kier molecular flexibility index (Phi) is 3.02. The maximum absolute atomic E-state index is 12.3. The quantitative estimate of drug-likeness (QED) is 0.482. The van der Waals surface area contributed by atoms with Crippen molar-refractivity contribution in [1.29, 1.82) is 0 Å². The van der Waals surface area contributed by atoms with Gasteiger partial charge in [0.2, 0.25) is 0 Å². The summed E-state index contributed by atoms with van der Waals surface area (Å²) in [5, 5.41) is 0. The number of nitrogens with zero attached hydrogens (tertiary/aromatic N) is 1. The van der Waals surface area contributed by atoms with Crippen LogP contribution in [0, 0.1) is 0 Å². The Morgan fingerprint density at radius 1 is 0.952 bits per heavy atom. The summed E-state index contributed by atoms with van der Waals surface area (Å²) < 4.78 is 4.97. The van der Waals surface area contributed by atoms with Crippen LogP contribution in [0.25, 0.3) is 0 Å². The zero-order valence-electron chi connectivity index (χ0n) is 11.2. The van der Waals surface area contributed by atoms with Crippen LogP contribution in [0.3, 0.4) is 0 Å². The van der Waals surface area contributed by atoms with Crippen LogP contribution in [0.5, 0.6) is 5.75 Å². The van der Waals surface area contributed by atoms with Crippen molar-refractivity contribution >= 4 is 23.5 Å².